The first-order valence-electron chi connectivity index (χ1n) is 12.6. The van der Waals surface area contributed by atoms with Gasteiger partial charge in [0.2, 0.25) is 0 Å². The summed E-state index contributed by atoms with van der Waals surface area (Å²) in [5.74, 6) is 2.38. The van der Waals surface area contributed by atoms with Gasteiger partial charge in [0, 0.05) is 56.4 Å². The number of benzene rings is 1. The van der Waals surface area contributed by atoms with Gasteiger partial charge in [-0.1, -0.05) is 0 Å². The highest BCUT2D eigenvalue weighted by Gasteiger charge is 2.37. The molecule has 4 aromatic rings. The number of carbonyl (C=O) groups is 1. The van der Waals surface area contributed by atoms with Gasteiger partial charge >= 0.3 is 0 Å². The lowest BCUT2D eigenvalue weighted by atomic mass is 9.91. The Bertz CT molecular complexity index is 1420. The highest BCUT2D eigenvalue weighted by atomic mass is 32.1. The lowest BCUT2D eigenvalue weighted by Gasteiger charge is -2.37. The molecule has 0 spiro atoms. The van der Waals surface area contributed by atoms with Crippen LogP contribution < -0.4 is 5.32 Å². The number of likely N-dealkylation sites (tertiary alicyclic amines) is 1. The van der Waals surface area contributed by atoms with Gasteiger partial charge in [-0.25, -0.2) is 9.97 Å². The van der Waals surface area contributed by atoms with E-state index in [0.29, 0.717) is 12.0 Å². The van der Waals surface area contributed by atoms with E-state index in [0.717, 1.165) is 77.7 Å². The standard InChI is InChI=1S/C27H30N6O.2H2S/c1-31-22-9-8-19(27(34)32-11-3-5-20-14-28-15-24(20)32)12-21(22)30-26(31)23-13-18-4-2-10-29-25(18)33(23)16-17-6-7-17;;/h2,4,8-10,12-13,17,20,24,28H,3,5-7,11,14-16H2,1H3;2*1H2/t20-,24+;;/m0../s1. The van der Waals surface area contributed by atoms with Crippen molar-refractivity contribution in [2.45, 2.75) is 38.3 Å². The van der Waals surface area contributed by atoms with Gasteiger partial charge in [-0.15, -0.1) is 0 Å². The van der Waals surface area contributed by atoms with E-state index in [4.69, 9.17) is 4.98 Å². The number of aromatic nitrogens is 4. The number of pyridine rings is 1. The molecule has 3 aliphatic rings. The van der Waals surface area contributed by atoms with Crippen LogP contribution in [0.3, 0.4) is 0 Å². The summed E-state index contributed by atoms with van der Waals surface area (Å²) in [4.78, 5) is 25.3. The van der Waals surface area contributed by atoms with Crippen molar-refractivity contribution in [3.63, 3.8) is 0 Å². The molecule has 1 aromatic carbocycles. The van der Waals surface area contributed by atoms with E-state index in [1.165, 1.54) is 19.3 Å². The van der Waals surface area contributed by atoms with Gasteiger partial charge in [0.05, 0.1) is 16.7 Å². The van der Waals surface area contributed by atoms with E-state index in [1.54, 1.807) is 0 Å². The van der Waals surface area contributed by atoms with Gasteiger partial charge < -0.3 is 19.4 Å². The van der Waals surface area contributed by atoms with Crippen LogP contribution in [0.1, 0.15) is 36.0 Å². The Balaban J connectivity index is 0.00000133. The number of rotatable bonds is 4. The average molecular weight is 523 g/mol. The zero-order valence-corrected chi connectivity index (χ0v) is 22.6. The van der Waals surface area contributed by atoms with E-state index < -0.39 is 0 Å². The van der Waals surface area contributed by atoms with Gasteiger partial charge in [-0.3, -0.25) is 4.79 Å². The highest BCUT2D eigenvalue weighted by molar-refractivity contribution is 7.59. The molecule has 5 heterocycles. The molecule has 3 fully saturated rings. The Labute approximate surface area is 225 Å². The van der Waals surface area contributed by atoms with Crippen molar-refractivity contribution >= 4 is 55.0 Å². The molecule has 7 nitrogen and oxygen atoms in total. The molecule has 9 heteroatoms. The molecule has 2 aliphatic heterocycles. The van der Waals surface area contributed by atoms with Crippen molar-refractivity contribution in [3.8, 4) is 11.5 Å². The molecule has 1 saturated carbocycles. The molecule has 1 amide bonds. The van der Waals surface area contributed by atoms with Crippen LogP contribution in [0.2, 0.25) is 0 Å². The normalized spacial score (nSPS) is 21.3. The molecule has 7 rings (SSSR count). The van der Waals surface area contributed by atoms with E-state index in [9.17, 15) is 4.79 Å². The maximum atomic E-state index is 13.5. The maximum absolute atomic E-state index is 13.5. The van der Waals surface area contributed by atoms with Gasteiger partial charge in [0.1, 0.15) is 5.65 Å². The van der Waals surface area contributed by atoms with Crippen LogP contribution in [-0.4, -0.2) is 55.6 Å². The van der Waals surface area contributed by atoms with Gasteiger partial charge in [-0.2, -0.15) is 27.0 Å². The van der Waals surface area contributed by atoms with Crippen molar-refractivity contribution in [2.75, 3.05) is 19.6 Å². The second-order valence-corrected chi connectivity index (χ2v) is 10.3. The topological polar surface area (TPSA) is 68.0 Å². The van der Waals surface area contributed by atoms with Crippen molar-refractivity contribution in [3.05, 3.63) is 48.2 Å². The predicted octanol–water partition coefficient (Wildman–Crippen LogP) is 4.05. The summed E-state index contributed by atoms with van der Waals surface area (Å²) < 4.78 is 4.49. The summed E-state index contributed by atoms with van der Waals surface area (Å²) in [5.41, 5.74) is 4.78. The lowest BCUT2D eigenvalue weighted by molar-refractivity contribution is 0.0575. The summed E-state index contributed by atoms with van der Waals surface area (Å²) in [6.45, 7) is 3.77. The van der Waals surface area contributed by atoms with Gasteiger partial charge in [0.25, 0.3) is 5.91 Å². The van der Waals surface area contributed by atoms with Gasteiger partial charge in [-0.05, 0) is 73.9 Å². The second-order valence-electron chi connectivity index (χ2n) is 10.3. The molecule has 2 saturated heterocycles. The Kier molecular flexibility index (Phi) is 6.82. The first kappa shape index (κ1) is 25.2. The van der Waals surface area contributed by atoms with E-state index in [1.807, 2.05) is 24.4 Å². The number of hydrogen-bond donors (Lipinski definition) is 1. The van der Waals surface area contributed by atoms with Crippen LogP contribution in [0.5, 0.6) is 0 Å². The van der Waals surface area contributed by atoms with Gasteiger partial charge in [0.15, 0.2) is 5.82 Å². The zero-order chi connectivity index (χ0) is 22.8. The van der Waals surface area contributed by atoms with Crippen LogP contribution in [0, 0.1) is 11.8 Å². The monoisotopic (exact) mass is 522 g/mol. The fraction of sp³-hybridized carbons (Fsp3) is 0.444. The summed E-state index contributed by atoms with van der Waals surface area (Å²) in [5, 5.41) is 4.62. The molecule has 1 N–H and O–H groups in total. The molecular weight excluding hydrogens is 488 g/mol. The van der Waals surface area contributed by atoms with Crippen molar-refractivity contribution < 1.29 is 4.79 Å². The first-order chi connectivity index (χ1) is 16.7. The molecule has 0 unspecified atom stereocenters. The summed E-state index contributed by atoms with van der Waals surface area (Å²) in [7, 11) is 2.07. The number of aryl methyl sites for hydroxylation is 1. The minimum atomic E-state index is 0. The van der Waals surface area contributed by atoms with Crippen LogP contribution >= 0.6 is 27.0 Å². The molecule has 190 valence electrons. The third-order valence-electron chi connectivity index (χ3n) is 8.09. The number of nitrogens with one attached hydrogen (secondary N) is 1. The van der Waals surface area contributed by atoms with Crippen molar-refractivity contribution in [2.24, 2.45) is 18.9 Å². The lowest BCUT2D eigenvalue weighted by Crippen LogP contribution is -2.48. The van der Waals surface area contributed by atoms with E-state index >= 15 is 0 Å². The van der Waals surface area contributed by atoms with Crippen molar-refractivity contribution in [1.29, 1.82) is 0 Å². The third kappa shape index (κ3) is 4.11. The Morgan fingerprint density at radius 2 is 1.97 bits per heavy atom. The molecule has 0 bridgehead atoms. The molecule has 36 heavy (non-hydrogen) atoms. The highest BCUT2D eigenvalue weighted by Crippen LogP contribution is 2.36. The number of amides is 1. The smallest absolute Gasteiger partial charge is 0.254 e. The number of fused-ring (bicyclic) bond motifs is 3. The van der Waals surface area contributed by atoms with Crippen LogP contribution in [-0.2, 0) is 13.6 Å². The van der Waals surface area contributed by atoms with Crippen LogP contribution in [0.15, 0.2) is 42.6 Å². The minimum Gasteiger partial charge on any atom is -0.334 e. The second kappa shape index (κ2) is 9.76. The number of carbonyl (C=O) groups excluding carboxylic acids is 1. The molecule has 2 atom stereocenters. The number of piperidine rings is 1. The van der Waals surface area contributed by atoms with Crippen LogP contribution in [0.4, 0.5) is 0 Å². The summed E-state index contributed by atoms with van der Waals surface area (Å²) in [6, 6.07) is 12.7. The molecule has 0 radical (unpaired) electrons. The fourth-order valence-electron chi connectivity index (χ4n) is 6.06. The number of imidazole rings is 1. The molecular formula is C27H34N6OS2. The largest absolute Gasteiger partial charge is 0.334 e. The Morgan fingerprint density at radius 3 is 2.81 bits per heavy atom. The maximum Gasteiger partial charge on any atom is 0.254 e. The van der Waals surface area contributed by atoms with E-state index in [2.05, 4.69) is 49.6 Å². The average Bonchev–Trinajstić information content (AvgIpc) is 3.28. The SMILES string of the molecule is Cn1c(-c2cc3cccnc3n2CC2CC2)nc2cc(C(=O)N3CCC[C@H]4CNC[C@H]43)ccc21.S.S. The summed E-state index contributed by atoms with van der Waals surface area (Å²) in [6.07, 6.45) is 6.74. The Morgan fingerprint density at radius 1 is 1.11 bits per heavy atom. The Hall–Kier alpha value is -2.49. The predicted molar refractivity (Wildman–Crippen MR) is 153 cm³/mol. The number of hydrogen-bond acceptors (Lipinski definition) is 4. The zero-order valence-electron chi connectivity index (χ0n) is 20.6. The first-order valence-corrected chi connectivity index (χ1v) is 12.6. The van der Waals surface area contributed by atoms with Crippen LogP contribution in [0.25, 0.3) is 33.6 Å². The molecule has 3 aromatic heterocycles. The number of nitrogens with zero attached hydrogens (tertiary/aromatic N) is 5. The fourth-order valence-corrected chi connectivity index (χ4v) is 6.06. The quantitative estimate of drug-likeness (QED) is 0.439. The van der Waals surface area contributed by atoms with E-state index in [-0.39, 0.29) is 32.9 Å². The third-order valence-corrected chi connectivity index (χ3v) is 8.09. The molecule has 1 aliphatic carbocycles. The minimum absolute atomic E-state index is 0. The van der Waals surface area contributed by atoms with Crippen molar-refractivity contribution in [1.82, 2.24) is 29.3 Å². The summed E-state index contributed by atoms with van der Waals surface area (Å²) >= 11 is 0.